The van der Waals surface area contributed by atoms with Crippen LogP contribution in [0.3, 0.4) is 0 Å². The van der Waals surface area contributed by atoms with Gasteiger partial charge in [0.1, 0.15) is 6.54 Å². The highest BCUT2D eigenvalue weighted by Gasteiger charge is 2.14. The molecule has 1 aromatic carbocycles. The topological polar surface area (TPSA) is 67.2 Å². The summed E-state index contributed by atoms with van der Waals surface area (Å²) in [6, 6.07) is 10.2. The summed E-state index contributed by atoms with van der Waals surface area (Å²) in [4.78, 5) is 11.8. The van der Waals surface area contributed by atoms with E-state index in [0.717, 1.165) is 4.68 Å². The monoisotopic (exact) mass is 295 g/mol. The van der Waals surface area contributed by atoms with Gasteiger partial charge in [0.15, 0.2) is 5.82 Å². The number of carbonyl (C=O) groups excluding carboxylic acids is 1. The van der Waals surface area contributed by atoms with Crippen molar-refractivity contribution in [2.75, 3.05) is 5.32 Å². The summed E-state index contributed by atoms with van der Waals surface area (Å²) in [7, 11) is 0. The van der Waals surface area contributed by atoms with Crippen molar-refractivity contribution in [1.29, 1.82) is 0 Å². The second-order valence-corrected chi connectivity index (χ2v) is 4.49. The fraction of sp³-hybridized carbons (Fsp3) is 0.286. The van der Waals surface area contributed by atoms with E-state index in [9.17, 15) is 18.7 Å². The number of aliphatic hydroxyl groups is 1. The summed E-state index contributed by atoms with van der Waals surface area (Å²) in [5.41, 5.74) is 0.635. The lowest BCUT2D eigenvalue weighted by Crippen LogP contribution is -2.16. The Morgan fingerprint density at radius 1 is 1.29 bits per heavy atom. The highest BCUT2D eigenvalue weighted by Crippen LogP contribution is 2.16. The Labute approximate surface area is 120 Å². The summed E-state index contributed by atoms with van der Waals surface area (Å²) >= 11 is 0. The Kier molecular flexibility index (Phi) is 4.99. The van der Waals surface area contributed by atoms with Gasteiger partial charge in [0.05, 0.1) is 12.5 Å². The van der Waals surface area contributed by atoms with Crippen LogP contribution < -0.4 is 5.32 Å². The number of anilines is 1. The molecule has 7 heteroatoms. The zero-order valence-corrected chi connectivity index (χ0v) is 11.1. The van der Waals surface area contributed by atoms with E-state index < -0.39 is 25.0 Å². The second kappa shape index (κ2) is 6.94. The fourth-order valence-corrected chi connectivity index (χ4v) is 1.83. The maximum absolute atomic E-state index is 12.2. The molecular weight excluding hydrogens is 280 g/mol. The first-order valence-corrected chi connectivity index (χ1v) is 6.39. The van der Waals surface area contributed by atoms with Gasteiger partial charge in [-0.2, -0.15) is 5.10 Å². The first kappa shape index (κ1) is 15.1. The SMILES string of the molecule is O=C(CC(O)c1ccccc1)Nc1ccn(CC(F)F)n1. The molecule has 0 aliphatic rings. The van der Waals surface area contributed by atoms with Gasteiger partial charge in [-0.25, -0.2) is 8.78 Å². The number of carbonyl (C=O) groups is 1. The number of hydrogen-bond acceptors (Lipinski definition) is 3. The molecule has 1 heterocycles. The molecule has 2 N–H and O–H groups in total. The third kappa shape index (κ3) is 4.64. The summed E-state index contributed by atoms with van der Waals surface area (Å²) in [5, 5.41) is 16.2. The largest absolute Gasteiger partial charge is 0.388 e. The van der Waals surface area contributed by atoms with E-state index in [-0.39, 0.29) is 12.2 Å². The van der Waals surface area contributed by atoms with Gasteiger partial charge in [-0.05, 0) is 5.56 Å². The number of alkyl halides is 2. The van der Waals surface area contributed by atoms with Crippen LogP contribution in [-0.4, -0.2) is 27.2 Å². The summed E-state index contributed by atoms with van der Waals surface area (Å²) in [6.45, 7) is -0.525. The van der Waals surface area contributed by atoms with Crippen LogP contribution in [0.15, 0.2) is 42.6 Å². The summed E-state index contributed by atoms with van der Waals surface area (Å²) in [6.07, 6.45) is -2.20. The zero-order valence-electron chi connectivity index (χ0n) is 11.1. The van der Waals surface area contributed by atoms with E-state index in [4.69, 9.17) is 0 Å². The number of halogens is 2. The third-order valence-corrected chi connectivity index (χ3v) is 2.80. The van der Waals surface area contributed by atoms with Gasteiger partial charge in [-0.3, -0.25) is 9.48 Å². The maximum atomic E-state index is 12.2. The van der Waals surface area contributed by atoms with E-state index in [0.29, 0.717) is 5.56 Å². The lowest BCUT2D eigenvalue weighted by Gasteiger charge is -2.10. The molecule has 1 unspecified atom stereocenters. The van der Waals surface area contributed by atoms with Crippen molar-refractivity contribution < 1.29 is 18.7 Å². The molecule has 1 atom stereocenters. The molecular formula is C14H15F2N3O2. The van der Waals surface area contributed by atoms with E-state index in [2.05, 4.69) is 10.4 Å². The third-order valence-electron chi connectivity index (χ3n) is 2.80. The number of nitrogens with zero attached hydrogens (tertiary/aromatic N) is 2. The molecule has 0 bridgehead atoms. The van der Waals surface area contributed by atoms with Crippen LogP contribution in [0.1, 0.15) is 18.1 Å². The van der Waals surface area contributed by atoms with E-state index >= 15 is 0 Å². The summed E-state index contributed by atoms with van der Waals surface area (Å²) < 4.78 is 25.4. The van der Waals surface area contributed by atoms with Crippen molar-refractivity contribution in [3.05, 3.63) is 48.2 Å². The van der Waals surface area contributed by atoms with Crippen LogP contribution in [0.5, 0.6) is 0 Å². The van der Waals surface area contributed by atoms with Crippen LogP contribution in [0.4, 0.5) is 14.6 Å². The van der Waals surface area contributed by atoms with Crippen molar-refractivity contribution in [2.45, 2.75) is 25.5 Å². The molecule has 21 heavy (non-hydrogen) atoms. The smallest absolute Gasteiger partial charge is 0.257 e. The van der Waals surface area contributed by atoms with Gasteiger partial charge >= 0.3 is 0 Å². The number of nitrogens with one attached hydrogen (secondary N) is 1. The van der Waals surface area contributed by atoms with Crippen molar-refractivity contribution >= 4 is 11.7 Å². The standard InChI is InChI=1S/C14H15F2N3O2/c15-12(16)9-19-7-6-13(18-19)17-14(21)8-11(20)10-4-2-1-3-5-10/h1-7,11-12,20H,8-9H2,(H,17,18,21). The fourth-order valence-electron chi connectivity index (χ4n) is 1.83. The van der Waals surface area contributed by atoms with Crippen molar-refractivity contribution in [1.82, 2.24) is 9.78 Å². The van der Waals surface area contributed by atoms with Crippen LogP contribution in [0, 0.1) is 0 Å². The van der Waals surface area contributed by atoms with Crippen LogP contribution in [-0.2, 0) is 11.3 Å². The molecule has 0 fully saturated rings. The highest BCUT2D eigenvalue weighted by molar-refractivity contribution is 5.90. The maximum Gasteiger partial charge on any atom is 0.257 e. The molecule has 5 nitrogen and oxygen atoms in total. The van der Waals surface area contributed by atoms with E-state index in [1.807, 2.05) is 6.07 Å². The average molecular weight is 295 g/mol. The lowest BCUT2D eigenvalue weighted by atomic mass is 10.1. The molecule has 1 amide bonds. The molecule has 2 rings (SSSR count). The van der Waals surface area contributed by atoms with Gasteiger partial charge in [-0.15, -0.1) is 0 Å². The zero-order chi connectivity index (χ0) is 15.2. The minimum Gasteiger partial charge on any atom is -0.388 e. The molecule has 0 radical (unpaired) electrons. The molecule has 0 spiro atoms. The van der Waals surface area contributed by atoms with Gasteiger partial charge in [0.25, 0.3) is 6.43 Å². The number of aliphatic hydroxyl groups excluding tert-OH is 1. The van der Waals surface area contributed by atoms with Crippen molar-refractivity contribution in [3.63, 3.8) is 0 Å². The summed E-state index contributed by atoms with van der Waals surface area (Å²) in [5.74, 6) is -0.255. The number of aromatic nitrogens is 2. The Bertz CT molecular complexity index is 587. The van der Waals surface area contributed by atoms with Gasteiger partial charge in [0, 0.05) is 12.3 Å². The number of rotatable bonds is 6. The minimum atomic E-state index is -2.51. The Morgan fingerprint density at radius 2 is 2.00 bits per heavy atom. The Hall–Kier alpha value is -2.28. The van der Waals surface area contributed by atoms with Gasteiger partial charge in [0.2, 0.25) is 5.91 Å². The van der Waals surface area contributed by atoms with Crippen molar-refractivity contribution in [3.8, 4) is 0 Å². The van der Waals surface area contributed by atoms with E-state index in [1.165, 1.54) is 12.3 Å². The van der Waals surface area contributed by atoms with Gasteiger partial charge in [-0.1, -0.05) is 30.3 Å². The van der Waals surface area contributed by atoms with E-state index in [1.54, 1.807) is 24.3 Å². The predicted molar refractivity (Wildman–Crippen MR) is 72.9 cm³/mol. The molecule has 0 aliphatic heterocycles. The predicted octanol–water partition coefficient (Wildman–Crippen LogP) is 2.21. The number of benzene rings is 1. The quantitative estimate of drug-likeness (QED) is 0.858. The van der Waals surface area contributed by atoms with Gasteiger partial charge < -0.3 is 10.4 Å². The van der Waals surface area contributed by atoms with Crippen LogP contribution >= 0.6 is 0 Å². The Balaban J connectivity index is 1.88. The Morgan fingerprint density at radius 3 is 2.67 bits per heavy atom. The molecule has 0 saturated heterocycles. The second-order valence-electron chi connectivity index (χ2n) is 4.49. The normalized spacial score (nSPS) is 12.4. The molecule has 2 aromatic rings. The number of amides is 1. The van der Waals surface area contributed by atoms with Crippen molar-refractivity contribution in [2.24, 2.45) is 0 Å². The molecule has 0 saturated carbocycles. The lowest BCUT2D eigenvalue weighted by molar-refractivity contribution is -0.118. The first-order chi connectivity index (χ1) is 10.0. The van der Waals surface area contributed by atoms with Crippen LogP contribution in [0.2, 0.25) is 0 Å². The minimum absolute atomic E-state index is 0.133. The molecule has 1 aromatic heterocycles. The first-order valence-electron chi connectivity index (χ1n) is 6.39. The molecule has 0 aliphatic carbocycles. The van der Waals surface area contributed by atoms with Crippen LogP contribution in [0.25, 0.3) is 0 Å². The number of hydrogen-bond donors (Lipinski definition) is 2. The molecule has 112 valence electrons. The average Bonchev–Trinajstić information content (AvgIpc) is 2.85. The highest BCUT2D eigenvalue weighted by atomic mass is 19.3.